The molecule has 29 heavy (non-hydrogen) atoms. The minimum Gasteiger partial charge on any atom is -0.356 e. The van der Waals surface area contributed by atoms with Crippen LogP contribution in [-0.2, 0) is 0 Å². The Labute approximate surface area is 163 Å². The maximum Gasteiger partial charge on any atom is 0.272 e. The number of nitro groups is 1. The van der Waals surface area contributed by atoms with Crippen molar-refractivity contribution in [2.45, 2.75) is 18.8 Å². The first kappa shape index (κ1) is 18.9. The highest BCUT2D eigenvalue weighted by atomic mass is 19.3. The Morgan fingerprint density at radius 1 is 1.14 bits per heavy atom. The smallest absolute Gasteiger partial charge is 0.272 e. The van der Waals surface area contributed by atoms with E-state index < -0.39 is 16.7 Å². The summed E-state index contributed by atoms with van der Waals surface area (Å²) in [5, 5.41) is 14.9. The molecule has 0 unspecified atom stereocenters. The lowest BCUT2D eigenvalue weighted by Gasteiger charge is -2.32. The van der Waals surface area contributed by atoms with Crippen LogP contribution in [0.5, 0.6) is 0 Å². The van der Waals surface area contributed by atoms with Crippen LogP contribution in [-0.4, -0.2) is 38.7 Å². The Hall–Kier alpha value is -3.43. The molecule has 1 aromatic carbocycles. The number of nitrogens with zero attached hydrogens (tertiary/aromatic N) is 5. The van der Waals surface area contributed by atoms with Gasteiger partial charge in [-0.2, -0.15) is 5.10 Å². The van der Waals surface area contributed by atoms with Crippen molar-refractivity contribution in [3.63, 3.8) is 0 Å². The average molecular weight is 403 g/mol. The molecule has 0 aliphatic carbocycles. The van der Waals surface area contributed by atoms with E-state index in [9.17, 15) is 23.3 Å². The van der Waals surface area contributed by atoms with Gasteiger partial charge >= 0.3 is 0 Å². The molecule has 0 amide bonds. The molecule has 3 heterocycles. The third-order valence-electron chi connectivity index (χ3n) is 4.82. The highest BCUT2D eigenvalue weighted by Gasteiger charge is 2.34. The van der Waals surface area contributed by atoms with Gasteiger partial charge in [0.25, 0.3) is 11.6 Å². The molecule has 1 aliphatic heterocycles. The van der Waals surface area contributed by atoms with Crippen LogP contribution in [0.2, 0.25) is 0 Å². The first-order valence-electron chi connectivity index (χ1n) is 8.92. The lowest BCUT2D eigenvalue weighted by atomic mass is 10.1. The van der Waals surface area contributed by atoms with E-state index in [0.29, 0.717) is 17.1 Å². The molecule has 0 radical (unpaired) electrons. The highest BCUT2D eigenvalue weighted by molar-refractivity contribution is 5.61. The second kappa shape index (κ2) is 7.19. The number of alkyl halides is 2. The van der Waals surface area contributed by atoms with Crippen molar-refractivity contribution in [2.75, 3.05) is 18.0 Å². The number of rotatable bonds is 4. The van der Waals surface area contributed by atoms with Crippen molar-refractivity contribution in [2.24, 2.45) is 0 Å². The Morgan fingerprint density at radius 3 is 2.59 bits per heavy atom. The lowest BCUT2D eigenvalue weighted by Crippen LogP contribution is -2.39. The summed E-state index contributed by atoms with van der Waals surface area (Å²) in [5.41, 5.74) is 0.886. The summed E-state index contributed by atoms with van der Waals surface area (Å²) < 4.78 is 42.3. The number of aromatic nitrogens is 3. The van der Waals surface area contributed by atoms with Crippen LogP contribution in [0.15, 0.2) is 48.8 Å². The van der Waals surface area contributed by atoms with Crippen molar-refractivity contribution in [1.29, 1.82) is 0 Å². The molecule has 1 fully saturated rings. The predicted molar refractivity (Wildman–Crippen MR) is 99.8 cm³/mol. The molecule has 1 aliphatic rings. The van der Waals surface area contributed by atoms with Crippen LogP contribution < -0.4 is 4.90 Å². The van der Waals surface area contributed by atoms with Crippen molar-refractivity contribution in [3.05, 3.63) is 64.7 Å². The van der Waals surface area contributed by atoms with Crippen LogP contribution in [0.4, 0.5) is 24.7 Å². The Morgan fingerprint density at radius 2 is 1.90 bits per heavy atom. The normalized spacial score (nSPS) is 16.0. The average Bonchev–Trinajstić information content (AvgIpc) is 3.18. The van der Waals surface area contributed by atoms with Crippen molar-refractivity contribution in [3.8, 4) is 16.9 Å². The van der Waals surface area contributed by atoms with Gasteiger partial charge in [-0.3, -0.25) is 10.1 Å². The number of nitro benzene ring substituents is 1. The molecular formula is C19H16F3N5O2. The van der Waals surface area contributed by atoms with E-state index >= 15 is 0 Å². The molecule has 0 bridgehead atoms. The standard InChI is InChI=1S/C19H16F3N5O2/c20-15-10-14(27(28)29)4-5-17(15)26-12-13(11-23-26)16-2-1-3-18(24-16)25-8-6-19(21,22)7-9-25/h1-5,10-12H,6-9H2. The molecule has 1 saturated heterocycles. The topological polar surface area (TPSA) is 77.1 Å². The van der Waals surface area contributed by atoms with E-state index in [2.05, 4.69) is 10.1 Å². The zero-order chi connectivity index (χ0) is 20.6. The SMILES string of the molecule is O=[N+]([O-])c1ccc(-n2cc(-c3cccc(N4CCC(F)(F)CC4)n3)cn2)c(F)c1. The van der Waals surface area contributed by atoms with Gasteiger partial charge in [-0.05, 0) is 18.2 Å². The van der Waals surface area contributed by atoms with Gasteiger partial charge in [-0.15, -0.1) is 0 Å². The zero-order valence-electron chi connectivity index (χ0n) is 15.1. The molecule has 0 spiro atoms. The summed E-state index contributed by atoms with van der Waals surface area (Å²) in [5.74, 6) is -2.82. The van der Waals surface area contributed by atoms with Gasteiger partial charge in [-0.25, -0.2) is 22.8 Å². The Bertz CT molecular complexity index is 1060. The van der Waals surface area contributed by atoms with E-state index in [1.807, 2.05) is 0 Å². The summed E-state index contributed by atoms with van der Waals surface area (Å²) in [6.45, 7) is 0.438. The van der Waals surface area contributed by atoms with Gasteiger partial charge in [0.05, 0.1) is 22.9 Å². The van der Waals surface area contributed by atoms with Crippen LogP contribution in [0.1, 0.15) is 12.8 Å². The Kier molecular flexibility index (Phi) is 4.69. The molecule has 0 N–H and O–H groups in total. The number of anilines is 1. The number of hydrogen-bond acceptors (Lipinski definition) is 5. The maximum atomic E-state index is 14.2. The fourth-order valence-electron chi connectivity index (χ4n) is 3.21. The van der Waals surface area contributed by atoms with E-state index in [0.717, 1.165) is 6.07 Å². The third-order valence-corrected chi connectivity index (χ3v) is 4.82. The summed E-state index contributed by atoms with van der Waals surface area (Å²) in [6, 6.07) is 8.59. The summed E-state index contributed by atoms with van der Waals surface area (Å²) in [7, 11) is 0. The molecule has 2 aromatic heterocycles. The summed E-state index contributed by atoms with van der Waals surface area (Å²) in [6.07, 6.45) is 2.63. The van der Waals surface area contributed by atoms with E-state index in [4.69, 9.17) is 0 Å². The van der Waals surface area contributed by atoms with E-state index in [1.165, 1.54) is 23.0 Å². The first-order valence-corrected chi connectivity index (χ1v) is 8.92. The van der Waals surface area contributed by atoms with Gasteiger partial charge in [0.2, 0.25) is 0 Å². The first-order chi connectivity index (χ1) is 13.8. The minimum absolute atomic E-state index is 0.0660. The summed E-state index contributed by atoms with van der Waals surface area (Å²) in [4.78, 5) is 16.4. The fraction of sp³-hybridized carbons (Fsp3) is 0.263. The molecule has 0 atom stereocenters. The quantitative estimate of drug-likeness (QED) is 0.482. The number of halogens is 3. The predicted octanol–water partition coefficient (Wildman–Crippen LogP) is 4.22. The van der Waals surface area contributed by atoms with Crippen LogP contribution in [0.3, 0.4) is 0 Å². The second-order valence-corrected chi connectivity index (χ2v) is 6.79. The van der Waals surface area contributed by atoms with E-state index in [-0.39, 0.29) is 37.3 Å². The van der Waals surface area contributed by atoms with Crippen molar-refractivity contribution < 1.29 is 18.1 Å². The van der Waals surface area contributed by atoms with Gasteiger partial charge < -0.3 is 4.90 Å². The largest absolute Gasteiger partial charge is 0.356 e. The van der Waals surface area contributed by atoms with Gasteiger partial charge in [-0.1, -0.05) is 6.07 Å². The maximum absolute atomic E-state index is 14.2. The highest BCUT2D eigenvalue weighted by Crippen LogP contribution is 2.30. The van der Waals surface area contributed by atoms with Gasteiger partial charge in [0.1, 0.15) is 11.5 Å². The molecular weight excluding hydrogens is 387 g/mol. The second-order valence-electron chi connectivity index (χ2n) is 6.79. The lowest BCUT2D eigenvalue weighted by molar-refractivity contribution is -0.385. The van der Waals surface area contributed by atoms with Crippen molar-refractivity contribution in [1.82, 2.24) is 14.8 Å². The monoisotopic (exact) mass is 403 g/mol. The van der Waals surface area contributed by atoms with Crippen LogP contribution in [0, 0.1) is 15.9 Å². The number of pyridine rings is 1. The van der Waals surface area contributed by atoms with Crippen LogP contribution in [0.25, 0.3) is 16.9 Å². The molecule has 7 nitrogen and oxygen atoms in total. The third kappa shape index (κ3) is 3.91. The molecule has 4 rings (SSSR count). The molecule has 150 valence electrons. The molecule has 3 aromatic rings. The number of piperidine rings is 1. The van der Waals surface area contributed by atoms with Crippen molar-refractivity contribution >= 4 is 11.5 Å². The summed E-state index contributed by atoms with van der Waals surface area (Å²) >= 11 is 0. The minimum atomic E-state index is -2.63. The van der Waals surface area contributed by atoms with Gasteiger partial charge in [0.15, 0.2) is 5.82 Å². The number of benzene rings is 1. The van der Waals surface area contributed by atoms with Gasteiger partial charge in [0, 0.05) is 43.8 Å². The fourth-order valence-corrected chi connectivity index (χ4v) is 3.21. The zero-order valence-corrected chi connectivity index (χ0v) is 15.1. The molecule has 0 saturated carbocycles. The molecule has 10 heteroatoms. The number of hydrogen-bond donors (Lipinski definition) is 0. The Balaban J connectivity index is 1.58. The number of non-ortho nitro benzene ring substituents is 1. The van der Waals surface area contributed by atoms with Crippen LogP contribution >= 0.6 is 0 Å². The van der Waals surface area contributed by atoms with E-state index in [1.54, 1.807) is 29.3 Å².